The minimum Gasteiger partial charge on any atom is -0.350 e. The molecule has 0 atom stereocenters. The molecule has 1 fully saturated rings. The van der Waals surface area contributed by atoms with Crippen molar-refractivity contribution in [3.63, 3.8) is 0 Å². The van der Waals surface area contributed by atoms with Gasteiger partial charge in [0.25, 0.3) is 0 Å². The summed E-state index contributed by atoms with van der Waals surface area (Å²) >= 11 is 0. The molecular weight excluding hydrogens is 310 g/mol. The number of fused-ring (bicyclic) bond motifs is 1. The standard InChI is InChI=1S/C17H19N5.ClH/c1-3-7-13(8-4-1)15-11-12-16-19-20-17(22(16)21-15)18-14-9-5-2-6-10-14;/h1,3-4,7-8,11-12,14H,2,5-6,9-10H2,(H,18,20);1H. The maximum atomic E-state index is 4.70. The van der Waals surface area contributed by atoms with Crippen molar-refractivity contribution in [2.45, 2.75) is 38.1 Å². The van der Waals surface area contributed by atoms with Gasteiger partial charge in [0.05, 0.1) is 5.69 Å². The van der Waals surface area contributed by atoms with Gasteiger partial charge in [-0.1, -0.05) is 49.6 Å². The number of hydrogen-bond acceptors (Lipinski definition) is 4. The van der Waals surface area contributed by atoms with Gasteiger partial charge >= 0.3 is 0 Å². The van der Waals surface area contributed by atoms with Gasteiger partial charge in [-0.15, -0.1) is 22.6 Å². The third-order valence-corrected chi connectivity index (χ3v) is 4.27. The molecule has 1 aliphatic carbocycles. The van der Waals surface area contributed by atoms with Crippen LogP contribution in [0.4, 0.5) is 5.95 Å². The molecule has 6 heteroatoms. The normalized spacial score (nSPS) is 15.3. The molecule has 120 valence electrons. The van der Waals surface area contributed by atoms with Crippen molar-refractivity contribution in [1.82, 2.24) is 19.8 Å². The zero-order valence-corrected chi connectivity index (χ0v) is 13.7. The summed E-state index contributed by atoms with van der Waals surface area (Å²) in [7, 11) is 0. The summed E-state index contributed by atoms with van der Waals surface area (Å²) in [4.78, 5) is 0. The molecule has 0 unspecified atom stereocenters. The molecule has 0 saturated heterocycles. The van der Waals surface area contributed by atoms with Crippen LogP contribution in [0.5, 0.6) is 0 Å². The molecule has 1 aromatic carbocycles. The van der Waals surface area contributed by atoms with E-state index in [-0.39, 0.29) is 12.4 Å². The van der Waals surface area contributed by atoms with Crippen LogP contribution >= 0.6 is 12.4 Å². The van der Waals surface area contributed by atoms with Crippen LogP contribution in [-0.2, 0) is 0 Å². The highest BCUT2D eigenvalue weighted by Crippen LogP contribution is 2.22. The fraction of sp³-hybridized carbons (Fsp3) is 0.353. The summed E-state index contributed by atoms with van der Waals surface area (Å²) in [6, 6.07) is 14.6. The van der Waals surface area contributed by atoms with E-state index in [1.54, 1.807) is 0 Å². The molecule has 0 radical (unpaired) electrons. The number of benzene rings is 1. The largest absolute Gasteiger partial charge is 0.350 e. The Morgan fingerprint density at radius 1 is 0.913 bits per heavy atom. The van der Waals surface area contributed by atoms with Crippen molar-refractivity contribution < 1.29 is 0 Å². The summed E-state index contributed by atoms with van der Waals surface area (Å²) in [5, 5.41) is 16.7. The summed E-state index contributed by atoms with van der Waals surface area (Å²) in [6.07, 6.45) is 6.32. The Labute approximate surface area is 141 Å². The highest BCUT2D eigenvalue weighted by atomic mass is 35.5. The molecule has 1 saturated carbocycles. The maximum absolute atomic E-state index is 4.70. The number of nitrogens with zero attached hydrogens (tertiary/aromatic N) is 4. The van der Waals surface area contributed by atoms with Crippen LogP contribution in [0, 0.1) is 0 Å². The second kappa shape index (κ2) is 6.96. The van der Waals surface area contributed by atoms with Crippen molar-refractivity contribution in [1.29, 1.82) is 0 Å². The Morgan fingerprint density at radius 2 is 1.70 bits per heavy atom. The molecule has 4 rings (SSSR count). The number of anilines is 1. The van der Waals surface area contributed by atoms with E-state index in [1.807, 2.05) is 34.8 Å². The van der Waals surface area contributed by atoms with Crippen LogP contribution in [0.3, 0.4) is 0 Å². The second-order valence-corrected chi connectivity index (χ2v) is 5.86. The average Bonchev–Trinajstić information content (AvgIpc) is 2.99. The fourth-order valence-electron chi connectivity index (χ4n) is 3.07. The Hall–Kier alpha value is -2.14. The van der Waals surface area contributed by atoms with Gasteiger partial charge in [-0.2, -0.15) is 9.61 Å². The van der Waals surface area contributed by atoms with E-state index in [9.17, 15) is 0 Å². The van der Waals surface area contributed by atoms with E-state index in [2.05, 4.69) is 27.6 Å². The number of hydrogen-bond donors (Lipinski definition) is 1. The lowest BCUT2D eigenvalue weighted by Gasteiger charge is -2.22. The summed E-state index contributed by atoms with van der Waals surface area (Å²) in [5.74, 6) is 0.750. The van der Waals surface area contributed by atoms with Gasteiger partial charge in [-0.3, -0.25) is 0 Å². The SMILES string of the molecule is Cl.c1ccc(-c2ccc3nnc(NC4CCCCC4)n3n2)cc1. The van der Waals surface area contributed by atoms with Crippen LogP contribution in [-0.4, -0.2) is 25.9 Å². The van der Waals surface area contributed by atoms with E-state index < -0.39 is 0 Å². The Bertz CT molecular complexity index is 765. The molecule has 5 nitrogen and oxygen atoms in total. The summed E-state index contributed by atoms with van der Waals surface area (Å²) in [5.41, 5.74) is 2.80. The third-order valence-electron chi connectivity index (χ3n) is 4.27. The topological polar surface area (TPSA) is 55.1 Å². The minimum absolute atomic E-state index is 0. The number of aromatic nitrogens is 4. The number of nitrogens with one attached hydrogen (secondary N) is 1. The van der Waals surface area contributed by atoms with Crippen LogP contribution in [0.2, 0.25) is 0 Å². The molecule has 0 amide bonds. The Balaban J connectivity index is 0.00000156. The predicted molar refractivity (Wildman–Crippen MR) is 94.0 cm³/mol. The number of halogens is 1. The first-order chi connectivity index (χ1) is 10.9. The van der Waals surface area contributed by atoms with Crippen LogP contribution in [0.1, 0.15) is 32.1 Å². The zero-order chi connectivity index (χ0) is 14.8. The first-order valence-corrected chi connectivity index (χ1v) is 7.94. The van der Waals surface area contributed by atoms with Crippen LogP contribution < -0.4 is 5.32 Å². The van der Waals surface area contributed by atoms with Crippen LogP contribution in [0.15, 0.2) is 42.5 Å². The molecule has 1 N–H and O–H groups in total. The second-order valence-electron chi connectivity index (χ2n) is 5.86. The Kier molecular flexibility index (Phi) is 4.76. The van der Waals surface area contributed by atoms with E-state index in [0.717, 1.165) is 22.9 Å². The molecule has 2 heterocycles. The lowest BCUT2D eigenvalue weighted by atomic mass is 9.96. The van der Waals surface area contributed by atoms with Gasteiger partial charge in [0.2, 0.25) is 5.95 Å². The first kappa shape index (κ1) is 15.7. The lowest BCUT2D eigenvalue weighted by molar-refractivity contribution is 0.460. The quantitative estimate of drug-likeness (QED) is 0.790. The van der Waals surface area contributed by atoms with Crippen LogP contribution in [0.25, 0.3) is 16.9 Å². The monoisotopic (exact) mass is 329 g/mol. The molecule has 23 heavy (non-hydrogen) atoms. The number of rotatable bonds is 3. The van der Waals surface area contributed by atoms with Crippen molar-refractivity contribution in [2.75, 3.05) is 5.32 Å². The molecule has 0 spiro atoms. The third kappa shape index (κ3) is 3.29. The predicted octanol–water partition coefficient (Wildman–Crippen LogP) is 3.96. The Morgan fingerprint density at radius 3 is 2.48 bits per heavy atom. The highest BCUT2D eigenvalue weighted by molar-refractivity contribution is 5.85. The maximum Gasteiger partial charge on any atom is 0.246 e. The molecule has 3 aromatic rings. The highest BCUT2D eigenvalue weighted by Gasteiger charge is 2.16. The molecule has 1 aliphatic rings. The summed E-state index contributed by atoms with van der Waals surface area (Å²) in [6.45, 7) is 0. The van der Waals surface area contributed by atoms with Gasteiger partial charge in [0.15, 0.2) is 5.65 Å². The molecular formula is C17H20ClN5. The van der Waals surface area contributed by atoms with E-state index in [0.29, 0.717) is 6.04 Å². The van der Waals surface area contributed by atoms with Gasteiger partial charge in [0, 0.05) is 11.6 Å². The zero-order valence-electron chi connectivity index (χ0n) is 12.9. The fourth-order valence-corrected chi connectivity index (χ4v) is 3.07. The van der Waals surface area contributed by atoms with E-state index in [1.165, 1.54) is 32.1 Å². The molecule has 2 aromatic heterocycles. The smallest absolute Gasteiger partial charge is 0.246 e. The van der Waals surface area contributed by atoms with Gasteiger partial charge < -0.3 is 5.32 Å². The van der Waals surface area contributed by atoms with E-state index in [4.69, 9.17) is 5.10 Å². The summed E-state index contributed by atoms with van der Waals surface area (Å²) < 4.78 is 1.82. The van der Waals surface area contributed by atoms with Crippen molar-refractivity contribution in [3.05, 3.63) is 42.5 Å². The van der Waals surface area contributed by atoms with Gasteiger partial charge in [-0.25, -0.2) is 0 Å². The lowest BCUT2D eigenvalue weighted by Crippen LogP contribution is -2.23. The van der Waals surface area contributed by atoms with Gasteiger partial charge in [0.1, 0.15) is 0 Å². The van der Waals surface area contributed by atoms with Crippen molar-refractivity contribution in [3.8, 4) is 11.3 Å². The molecule has 0 bridgehead atoms. The van der Waals surface area contributed by atoms with Crippen molar-refractivity contribution >= 4 is 24.0 Å². The average molecular weight is 330 g/mol. The van der Waals surface area contributed by atoms with Gasteiger partial charge in [-0.05, 0) is 25.0 Å². The van der Waals surface area contributed by atoms with E-state index >= 15 is 0 Å². The molecule has 0 aliphatic heterocycles. The minimum atomic E-state index is 0. The van der Waals surface area contributed by atoms with Crippen molar-refractivity contribution in [2.24, 2.45) is 0 Å². The first-order valence-electron chi connectivity index (χ1n) is 7.94.